The Balaban J connectivity index is 1.88. The number of halogens is 2. The molecule has 1 aliphatic rings. The largest absolute Gasteiger partial charge is 0.469 e. The highest BCUT2D eigenvalue weighted by atomic mass is 35.5. The minimum absolute atomic E-state index is 0.00739. The second kappa shape index (κ2) is 9.78. The third-order valence-corrected chi connectivity index (χ3v) is 5.33. The van der Waals surface area contributed by atoms with Gasteiger partial charge in [-0.3, -0.25) is 4.79 Å². The topological polar surface area (TPSA) is 114 Å². The van der Waals surface area contributed by atoms with Gasteiger partial charge in [-0.15, -0.1) is 0 Å². The summed E-state index contributed by atoms with van der Waals surface area (Å²) >= 11 is 5.88. The molecule has 31 heavy (non-hydrogen) atoms. The van der Waals surface area contributed by atoms with Gasteiger partial charge in [0.1, 0.15) is 17.9 Å². The summed E-state index contributed by atoms with van der Waals surface area (Å²) in [5.41, 5.74) is 1.52. The fraction of sp³-hybridized carbons (Fsp3) is 0.400. The maximum absolute atomic E-state index is 14.8. The summed E-state index contributed by atoms with van der Waals surface area (Å²) in [7, 11) is 2.41. The standard InChI is InChI=1S/C20H22ClFN4O5/c1-30-16(27)6-5-15(19(28)31-2)25-20(29)26-8-7-14-17(24-10-23-14)18(26)12-4-3-11(21)9-13(12)22/h3-4,9-10,15,18H,5-8H2,1-2H3,(H,23,24)(H,25,29)/t15-,18+/m0/s1. The van der Waals surface area contributed by atoms with Gasteiger partial charge in [0.25, 0.3) is 0 Å². The van der Waals surface area contributed by atoms with Crippen LogP contribution in [0.5, 0.6) is 0 Å². The van der Waals surface area contributed by atoms with Gasteiger partial charge in [0, 0.05) is 35.7 Å². The molecular formula is C20H22ClFN4O5. The molecule has 9 nitrogen and oxygen atoms in total. The molecule has 2 N–H and O–H groups in total. The molecule has 0 bridgehead atoms. The van der Waals surface area contributed by atoms with E-state index in [1.54, 1.807) is 0 Å². The van der Waals surface area contributed by atoms with Crippen LogP contribution in [0, 0.1) is 5.82 Å². The summed E-state index contributed by atoms with van der Waals surface area (Å²) in [6.45, 7) is 0.249. The van der Waals surface area contributed by atoms with Gasteiger partial charge in [-0.1, -0.05) is 17.7 Å². The number of esters is 2. The summed E-state index contributed by atoms with van der Waals surface area (Å²) in [6.07, 6.45) is 1.86. The first-order chi connectivity index (χ1) is 14.8. The normalized spacial score (nSPS) is 16.3. The molecule has 2 atom stereocenters. The number of carbonyl (C=O) groups is 3. The van der Waals surface area contributed by atoms with E-state index in [4.69, 9.17) is 16.3 Å². The van der Waals surface area contributed by atoms with Crippen LogP contribution < -0.4 is 5.32 Å². The average Bonchev–Trinajstić information content (AvgIpc) is 3.24. The molecule has 0 saturated heterocycles. The number of amides is 2. The highest BCUT2D eigenvalue weighted by molar-refractivity contribution is 6.30. The van der Waals surface area contributed by atoms with Crippen LogP contribution in [0.15, 0.2) is 24.5 Å². The Hall–Kier alpha value is -3.14. The van der Waals surface area contributed by atoms with Crippen molar-refractivity contribution in [2.75, 3.05) is 20.8 Å². The molecule has 166 valence electrons. The molecule has 1 aromatic carbocycles. The van der Waals surface area contributed by atoms with E-state index < -0.39 is 35.9 Å². The van der Waals surface area contributed by atoms with E-state index in [0.717, 1.165) is 5.69 Å². The predicted octanol–water partition coefficient (Wildman–Crippen LogP) is 2.35. The van der Waals surface area contributed by atoms with Gasteiger partial charge in [0.05, 0.1) is 26.2 Å². The van der Waals surface area contributed by atoms with E-state index in [1.165, 1.54) is 43.6 Å². The van der Waals surface area contributed by atoms with E-state index >= 15 is 0 Å². The van der Waals surface area contributed by atoms with Crippen LogP contribution in [0.25, 0.3) is 0 Å². The van der Waals surface area contributed by atoms with Gasteiger partial charge in [-0.2, -0.15) is 0 Å². The van der Waals surface area contributed by atoms with E-state index in [1.807, 2.05) is 0 Å². The minimum atomic E-state index is -1.08. The number of benzene rings is 1. The Morgan fingerprint density at radius 3 is 2.81 bits per heavy atom. The van der Waals surface area contributed by atoms with Crippen molar-refractivity contribution < 1.29 is 28.2 Å². The highest BCUT2D eigenvalue weighted by Gasteiger charge is 2.37. The molecule has 0 fully saturated rings. The first kappa shape index (κ1) is 22.5. The fourth-order valence-electron chi connectivity index (χ4n) is 3.52. The van der Waals surface area contributed by atoms with Crippen LogP contribution in [-0.4, -0.2) is 59.6 Å². The number of nitrogens with one attached hydrogen (secondary N) is 2. The van der Waals surface area contributed by atoms with Gasteiger partial charge < -0.3 is 24.7 Å². The van der Waals surface area contributed by atoms with Crippen LogP contribution in [0.3, 0.4) is 0 Å². The maximum atomic E-state index is 14.8. The van der Waals surface area contributed by atoms with Crippen molar-refractivity contribution in [1.82, 2.24) is 20.2 Å². The third-order valence-electron chi connectivity index (χ3n) is 5.09. The maximum Gasteiger partial charge on any atom is 0.328 e. The molecule has 0 aliphatic carbocycles. The summed E-state index contributed by atoms with van der Waals surface area (Å²) in [5, 5.41) is 2.81. The SMILES string of the molecule is COC(=O)CC[C@H](NC(=O)N1CCc2[nH]cnc2[C@H]1c1ccc(Cl)cc1F)C(=O)OC. The molecule has 1 aliphatic heterocycles. The third kappa shape index (κ3) is 4.96. The number of hydrogen-bond acceptors (Lipinski definition) is 6. The molecule has 0 unspecified atom stereocenters. The summed E-state index contributed by atoms with van der Waals surface area (Å²) in [6, 6.07) is 1.68. The summed E-state index contributed by atoms with van der Waals surface area (Å²) in [5.74, 6) is -1.81. The van der Waals surface area contributed by atoms with E-state index in [0.29, 0.717) is 12.1 Å². The Labute approximate surface area is 182 Å². The Kier molecular flexibility index (Phi) is 7.11. The van der Waals surface area contributed by atoms with Crippen molar-refractivity contribution in [3.63, 3.8) is 0 Å². The lowest BCUT2D eigenvalue weighted by Crippen LogP contribution is -2.51. The highest BCUT2D eigenvalue weighted by Crippen LogP contribution is 2.35. The van der Waals surface area contributed by atoms with Crippen molar-refractivity contribution in [2.45, 2.75) is 31.3 Å². The number of hydrogen-bond donors (Lipinski definition) is 2. The Morgan fingerprint density at radius 2 is 2.13 bits per heavy atom. The fourth-order valence-corrected chi connectivity index (χ4v) is 3.68. The number of aromatic nitrogens is 2. The average molecular weight is 453 g/mol. The van der Waals surface area contributed by atoms with Gasteiger partial charge >= 0.3 is 18.0 Å². The van der Waals surface area contributed by atoms with Crippen molar-refractivity contribution >= 4 is 29.6 Å². The summed E-state index contributed by atoms with van der Waals surface area (Å²) < 4.78 is 24.1. The minimum Gasteiger partial charge on any atom is -0.469 e. The number of carbonyl (C=O) groups excluding carboxylic acids is 3. The number of nitrogens with zero attached hydrogens (tertiary/aromatic N) is 2. The monoisotopic (exact) mass is 452 g/mol. The number of fused-ring (bicyclic) bond motifs is 1. The Morgan fingerprint density at radius 1 is 1.35 bits per heavy atom. The number of ether oxygens (including phenoxy) is 2. The second-order valence-electron chi connectivity index (χ2n) is 6.92. The molecule has 0 spiro atoms. The number of H-pyrrole nitrogens is 1. The molecule has 0 saturated carbocycles. The zero-order valence-electron chi connectivity index (χ0n) is 17.0. The number of methoxy groups -OCH3 is 2. The van der Waals surface area contributed by atoms with Gasteiger partial charge in [0.15, 0.2) is 0 Å². The van der Waals surface area contributed by atoms with E-state index in [-0.39, 0.29) is 30.0 Å². The quantitative estimate of drug-likeness (QED) is 0.650. The molecule has 11 heteroatoms. The number of rotatable bonds is 6. The summed E-state index contributed by atoms with van der Waals surface area (Å²) in [4.78, 5) is 45.4. The zero-order chi connectivity index (χ0) is 22.5. The molecule has 2 heterocycles. The van der Waals surface area contributed by atoms with Gasteiger partial charge in [0.2, 0.25) is 0 Å². The number of urea groups is 1. The molecule has 0 radical (unpaired) electrons. The van der Waals surface area contributed by atoms with Crippen LogP contribution in [-0.2, 0) is 25.5 Å². The van der Waals surface area contributed by atoms with Gasteiger partial charge in [-0.25, -0.2) is 19.0 Å². The lowest BCUT2D eigenvalue weighted by atomic mass is 9.95. The van der Waals surface area contributed by atoms with E-state index in [2.05, 4.69) is 20.0 Å². The van der Waals surface area contributed by atoms with Crippen molar-refractivity contribution in [3.8, 4) is 0 Å². The molecule has 1 aromatic heterocycles. The van der Waals surface area contributed by atoms with Crippen LogP contribution in [0.1, 0.15) is 35.8 Å². The van der Waals surface area contributed by atoms with Crippen molar-refractivity contribution in [2.24, 2.45) is 0 Å². The lowest BCUT2D eigenvalue weighted by Gasteiger charge is -2.36. The predicted molar refractivity (Wildman–Crippen MR) is 108 cm³/mol. The molecule has 3 rings (SSSR count). The molecule has 2 amide bonds. The zero-order valence-corrected chi connectivity index (χ0v) is 17.7. The molecular weight excluding hydrogens is 431 g/mol. The first-order valence-electron chi connectivity index (χ1n) is 9.54. The van der Waals surface area contributed by atoms with E-state index in [9.17, 15) is 18.8 Å². The van der Waals surface area contributed by atoms with Crippen LogP contribution in [0.4, 0.5) is 9.18 Å². The second-order valence-corrected chi connectivity index (χ2v) is 7.35. The van der Waals surface area contributed by atoms with Crippen molar-refractivity contribution in [1.29, 1.82) is 0 Å². The molecule has 2 aromatic rings. The first-order valence-corrected chi connectivity index (χ1v) is 9.92. The van der Waals surface area contributed by atoms with Crippen LogP contribution >= 0.6 is 11.6 Å². The number of aromatic amines is 1. The number of imidazole rings is 1. The smallest absolute Gasteiger partial charge is 0.328 e. The van der Waals surface area contributed by atoms with Crippen molar-refractivity contribution in [3.05, 3.63) is 52.3 Å². The lowest BCUT2D eigenvalue weighted by molar-refractivity contribution is -0.144. The van der Waals surface area contributed by atoms with Crippen LogP contribution in [0.2, 0.25) is 5.02 Å². The van der Waals surface area contributed by atoms with Gasteiger partial charge in [-0.05, 0) is 18.6 Å². The Bertz CT molecular complexity index is 982.